The van der Waals surface area contributed by atoms with Gasteiger partial charge in [0, 0.05) is 25.4 Å². The van der Waals surface area contributed by atoms with E-state index in [2.05, 4.69) is 5.32 Å². The van der Waals surface area contributed by atoms with Crippen molar-refractivity contribution in [1.29, 1.82) is 0 Å². The number of rotatable bonds is 10. The number of methoxy groups -OCH3 is 3. The maximum atomic E-state index is 13.9. The number of fused-ring (bicyclic) bond motifs is 1. The van der Waals surface area contributed by atoms with E-state index in [1.54, 1.807) is 79.3 Å². The zero-order chi connectivity index (χ0) is 27.1. The van der Waals surface area contributed by atoms with Gasteiger partial charge in [-0.3, -0.25) is 9.36 Å². The molecule has 9 heteroatoms. The Morgan fingerprint density at radius 3 is 2.50 bits per heavy atom. The predicted octanol–water partition coefficient (Wildman–Crippen LogP) is 5.03. The summed E-state index contributed by atoms with van der Waals surface area (Å²) in [6, 6.07) is 20.7. The van der Waals surface area contributed by atoms with Gasteiger partial charge in [0.25, 0.3) is 5.56 Å². The van der Waals surface area contributed by atoms with E-state index >= 15 is 0 Å². The molecule has 0 aliphatic heterocycles. The second kappa shape index (κ2) is 12.2. The van der Waals surface area contributed by atoms with Gasteiger partial charge in [-0.15, -0.1) is 0 Å². The van der Waals surface area contributed by atoms with Gasteiger partial charge in [0.1, 0.15) is 17.3 Å². The number of carbonyl (C=O) groups is 1. The van der Waals surface area contributed by atoms with E-state index < -0.39 is 6.04 Å². The third-order valence-electron chi connectivity index (χ3n) is 6.31. The SMILES string of the molecule is CCC(c1nc2ccccc2c(=O)n1-c1ccccc1OC)N(CCOC)C(=O)Nc1cccc(OC)c1. The smallest absolute Gasteiger partial charge is 0.322 e. The number of nitrogens with one attached hydrogen (secondary N) is 1. The molecule has 1 heterocycles. The van der Waals surface area contributed by atoms with Crippen LogP contribution in [0.2, 0.25) is 0 Å². The molecule has 4 aromatic rings. The highest BCUT2D eigenvalue weighted by molar-refractivity contribution is 5.90. The number of hydrogen-bond acceptors (Lipinski definition) is 6. The average molecular weight is 517 g/mol. The predicted molar refractivity (Wildman–Crippen MR) is 148 cm³/mol. The number of anilines is 1. The van der Waals surface area contributed by atoms with Crippen molar-refractivity contribution >= 4 is 22.6 Å². The van der Waals surface area contributed by atoms with Crippen molar-refractivity contribution in [2.75, 3.05) is 39.8 Å². The number of nitrogens with zero attached hydrogens (tertiary/aromatic N) is 3. The number of aromatic nitrogens is 2. The number of carbonyl (C=O) groups excluding carboxylic acids is 1. The molecule has 4 rings (SSSR count). The summed E-state index contributed by atoms with van der Waals surface area (Å²) in [7, 11) is 4.71. The Morgan fingerprint density at radius 1 is 1.00 bits per heavy atom. The van der Waals surface area contributed by atoms with Crippen molar-refractivity contribution in [3.8, 4) is 17.2 Å². The van der Waals surface area contributed by atoms with Crippen LogP contribution in [0.25, 0.3) is 16.6 Å². The molecule has 198 valence electrons. The van der Waals surface area contributed by atoms with Crippen molar-refractivity contribution < 1.29 is 19.0 Å². The summed E-state index contributed by atoms with van der Waals surface area (Å²) in [4.78, 5) is 34.2. The van der Waals surface area contributed by atoms with Crippen LogP contribution in [0.15, 0.2) is 77.6 Å². The normalized spacial score (nSPS) is 11.7. The van der Waals surface area contributed by atoms with Gasteiger partial charge < -0.3 is 24.4 Å². The fourth-order valence-corrected chi connectivity index (χ4v) is 4.45. The number of ether oxygens (including phenoxy) is 3. The van der Waals surface area contributed by atoms with Crippen molar-refractivity contribution in [2.24, 2.45) is 0 Å². The van der Waals surface area contributed by atoms with Gasteiger partial charge in [0.05, 0.1) is 43.5 Å². The third-order valence-corrected chi connectivity index (χ3v) is 6.31. The van der Waals surface area contributed by atoms with E-state index in [1.807, 2.05) is 31.2 Å². The fourth-order valence-electron chi connectivity index (χ4n) is 4.45. The first-order valence-corrected chi connectivity index (χ1v) is 12.4. The van der Waals surface area contributed by atoms with E-state index in [0.29, 0.717) is 52.6 Å². The summed E-state index contributed by atoms with van der Waals surface area (Å²) in [6.07, 6.45) is 0.495. The molecular weight excluding hydrogens is 484 g/mol. The summed E-state index contributed by atoms with van der Waals surface area (Å²) < 4.78 is 17.8. The molecule has 0 spiro atoms. The maximum absolute atomic E-state index is 13.9. The lowest BCUT2D eigenvalue weighted by atomic mass is 10.1. The van der Waals surface area contributed by atoms with E-state index in [-0.39, 0.29) is 18.1 Å². The average Bonchev–Trinajstić information content (AvgIpc) is 2.95. The van der Waals surface area contributed by atoms with Gasteiger partial charge in [-0.05, 0) is 42.8 Å². The molecule has 0 bridgehead atoms. The molecule has 0 fully saturated rings. The first-order valence-electron chi connectivity index (χ1n) is 12.4. The van der Waals surface area contributed by atoms with Gasteiger partial charge >= 0.3 is 6.03 Å². The standard InChI is InChI=1S/C29H32N4O5/c1-5-24(32(17-18-36-2)29(35)30-20-11-10-12-21(19-20)37-3)27-31-23-14-7-6-13-22(23)28(34)33(27)25-15-8-9-16-26(25)38-4/h6-16,19,24H,5,17-18H2,1-4H3,(H,30,35). The van der Waals surface area contributed by atoms with Crippen LogP contribution < -0.4 is 20.3 Å². The first-order chi connectivity index (χ1) is 18.5. The third kappa shape index (κ3) is 5.47. The molecule has 1 N–H and O–H groups in total. The van der Waals surface area contributed by atoms with Gasteiger partial charge in [-0.1, -0.05) is 37.3 Å². The highest BCUT2D eigenvalue weighted by Gasteiger charge is 2.30. The molecule has 3 aromatic carbocycles. The van der Waals surface area contributed by atoms with E-state index in [9.17, 15) is 9.59 Å². The molecule has 38 heavy (non-hydrogen) atoms. The highest BCUT2D eigenvalue weighted by Crippen LogP contribution is 2.30. The fraction of sp³-hybridized carbons (Fsp3) is 0.276. The van der Waals surface area contributed by atoms with Crippen LogP contribution in [0, 0.1) is 0 Å². The number of benzene rings is 3. The first kappa shape index (κ1) is 26.7. The Hall–Kier alpha value is -4.37. The second-order valence-corrected chi connectivity index (χ2v) is 8.57. The van der Waals surface area contributed by atoms with Crippen molar-refractivity contribution in [1.82, 2.24) is 14.5 Å². The van der Waals surface area contributed by atoms with Crippen LogP contribution in [0.1, 0.15) is 25.2 Å². The Labute approximate surface area is 221 Å². The van der Waals surface area contributed by atoms with Crippen LogP contribution >= 0.6 is 0 Å². The summed E-state index contributed by atoms with van der Waals surface area (Å²) in [5.74, 6) is 1.57. The number of hydrogen-bond donors (Lipinski definition) is 1. The van der Waals surface area contributed by atoms with Crippen LogP contribution in [-0.2, 0) is 4.74 Å². The molecule has 0 aliphatic rings. The number of urea groups is 1. The number of para-hydroxylation sites is 3. The Balaban J connectivity index is 1.88. The second-order valence-electron chi connectivity index (χ2n) is 8.57. The quantitative estimate of drug-likeness (QED) is 0.318. The Kier molecular flexibility index (Phi) is 8.60. The van der Waals surface area contributed by atoms with Crippen molar-refractivity contribution in [2.45, 2.75) is 19.4 Å². The van der Waals surface area contributed by atoms with Crippen LogP contribution in [0.5, 0.6) is 11.5 Å². The summed E-state index contributed by atoms with van der Waals surface area (Å²) in [5, 5.41) is 3.43. The monoisotopic (exact) mass is 516 g/mol. The van der Waals surface area contributed by atoms with Crippen LogP contribution in [0.4, 0.5) is 10.5 Å². The lowest BCUT2D eigenvalue weighted by Gasteiger charge is -2.32. The minimum Gasteiger partial charge on any atom is -0.497 e. The minimum absolute atomic E-state index is 0.242. The van der Waals surface area contributed by atoms with Crippen molar-refractivity contribution in [3.63, 3.8) is 0 Å². The molecule has 1 atom stereocenters. The summed E-state index contributed by atoms with van der Waals surface area (Å²) in [6.45, 7) is 2.53. The summed E-state index contributed by atoms with van der Waals surface area (Å²) in [5.41, 5.74) is 1.44. The summed E-state index contributed by atoms with van der Waals surface area (Å²) >= 11 is 0. The largest absolute Gasteiger partial charge is 0.497 e. The topological polar surface area (TPSA) is 94.9 Å². The van der Waals surface area contributed by atoms with Crippen LogP contribution in [0.3, 0.4) is 0 Å². The molecule has 2 amide bonds. The molecule has 1 aromatic heterocycles. The molecule has 0 aliphatic carbocycles. The molecule has 1 unspecified atom stereocenters. The minimum atomic E-state index is -0.557. The molecular formula is C29H32N4O5. The van der Waals surface area contributed by atoms with E-state index in [0.717, 1.165) is 0 Å². The maximum Gasteiger partial charge on any atom is 0.322 e. The van der Waals surface area contributed by atoms with Gasteiger partial charge in [0.15, 0.2) is 0 Å². The zero-order valence-corrected chi connectivity index (χ0v) is 22.0. The van der Waals surface area contributed by atoms with Gasteiger partial charge in [-0.25, -0.2) is 9.78 Å². The molecule has 0 saturated heterocycles. The van der Waals surface area contributed by atoms with Gasteiger partial charge in [0.2, 0.25) is 0 Å². The lowest BCUT2D eigenvalue weighted by molar-refractivity contribution is 0.131. The van der Waals surface area contributed by atoms with Crippen LogP contribution in [-0.4, -0.2) is 55.0 Å². The zero-order valence-electron chi connectivity index (χ0n) is 22.0. The molecule has 0 saturated carbocycles. The Bertz CT molecular complexity index is 1470. The van der Waals surface area contributed by atoms with Crippen molar-refractivity contribution in [3.05, 3.63) is 89.0 Å². The molecule has 9 nitrogen and oxygen atoms in total. The van der Waals surface area contributed by atoms with E-state index in [1.165, 1.54) is 0 Å². The molecule has 0 radical (unpaired) electrons. The highest BCUT2D eigenvalue weighted by atomic mass is 16.5. The number of amides is 2. The Morgan fingerprint density at radius 2 is 1.76 bits per heavy atom. The lowest BCUT2D eigenvalue weighted by Crippen LogP contribution is -2.42. The van der Waals surface area contributed by atoms with Gasteiger partial charge in [-0.2, -0.15) is 0 Å². The van der Waals surface area contributed by atoms with E-state index in [4.69, 9.17) is 19.2 Å².